The summed E-state index contributed by atoms with van der Waals surface area (Å²) in [6.45, 7) is 6.89. The molecule has 96 valence electrons. The second kappa shape index (κ2) is 3.56. The lowest BCUT2D eigenvalue weighted by Gasteiger charge is -2.32. The van der Waals surface area contributed by atoms with Gasteiger partial charge in [0.1, 0.15) is 5.71 Å². The van der Waals surface area contributed by atoms with Crippen LogP contribution in [0.3, 0.4) is 0 Å². The van der Waals surface area contributed by atoms with E-state index in [0.717, 1.165) is 12.1 Å². The van der Waals surface area contributed by atoms with Gasteiger partial charge in [0, 0.05) is 23.5 Å². The molecule has 3 heteroatoms. The van der Waals surface area contributed by atoms with Crippen molar-refractivity contribution in [1.82, 2.24) is 0 Å². The SMILES string of the molecule is CC1(C)[C@@H]2CC[C@]1(C)/C(=N\O)[C@@H]2[n+]1ccccc1. The predicted octanol–water partition coefficient (Wildman–Crippen LogP) is 2.80. The fourth-order valence-corrected chi connectivity index (χ4v) is 4.18. The molecule has 0 spiro atoms. The maximum atomic E-state index is 9.49. The van der Waals surface area contributed by atoms with Crippen molar-refractivity contribution in [2.24, 2.45) is 21.9 Å². The fraction of sp³-hybridized carbons (Fsp3) is 0.600. The number of pyridine rings is 1. The zero-order valence-electron chi connectivity index (χ0n) is 11.3. The van der Waals surface area contributed by atoms with Gasteiger partial charge in [0.05, 0.1) is 0 Å². The molecule has 2 aliphatic carbocycles. The Bertz CT molecular complexity index is 494. The van der Waals surface area contributed by atoms with Crippen LogP contribution in [0.4, 0.5) is 0 Å². The minimum atomic E-state index is 0.0277. The van der Waals surface area contributed by atoms with E-state index in [4.69, 9.17) is 0 Å². The summed E-state index contributed by atoms with van der Waals surface area (Å²) in [7, 11) is 0. The van der Waals surface area contributed by atoms with E-state index in [0.29, 0.717) is 5.92 Å². The van der Waals surface area contributed by atoms with Gasteiger partial charge in [-0.15, -0.1) is 0 Å². The normalized spacial score (nSPS) is 39.4. The molecule has 3 rings (SSSR count). The van der Waals surface area contributed by atoms with Crippen molar-refractivity contribution >= 4 is 5.71 Å². The average Bonchev–Trinajstić information content (AvgIpc) is 2.70. The van der Waals surface area contributed by atoms with Crippen LogP contribution in [0.5, 0.6) is 0 Å². The summed E-state index contributed by atoms with van der Waals surface area (Å²) in [4.78, 5) is 0. The second-order valence-electron chi connectivity index (χ2n) is 6.45. The maximum absolute atomic E-state index is 9.49. The Kier molecular flexibility index (Phi) is 2.31. The van der Waals surface area contributed by atoms with Gasteiger partial charge >= 0.3 is 0 Å². The first-order valence-corrected chi connectivity index (χ1v) is 6.70. The first-order valence-electron chi connectivity index (χ1n) is 6.70. The molecule has 2 aliphatic rings. The van der Waals surface area contributed by atoms with Crippen molar-refractivity contribution in [3.05, 3.63) is 30.6 Å². The lowest BCUT2D eigenvalue weighted by molar-refractivity contribution is -0.713. The van der Waals surface area contributed by atoms with Crippen molar-refractivity contribution in [1.29, 1.82) is 0 Å². The highest BCUT2D eigenvalue weighted by atomic mass is 16.4. The number of nitrogens with zero attached hydrogens (tertiary/aromatic N) is 2. The monoisotopic (exact) mass is 245 g/mol. The number of fused-ring (bicyclic) bond motifs is 2. The van der Waals surface area contributed by atoms with E-state index in [1.807, 2.05) is 18.2 Å². The van der Waals surface area contributed by atoms with Crippen molar-refractivity contribution in [2.75, 3.05) is 0 Å². The third kappa shape index (κ3) is 1.20. The summed E-state index contributed by atoms with van der Waals surface area (Å²) < 4.78 is 2.20. The lowest BCUT2D eigenvalue weighted by atomic mass is 9.70. The molecule has 0 aromatic carbocycles. The molecule has 1 N–H and O–H groups in total. The second-order valence-corrected chi connectivity index (χ2v) is 6.45. The molecule has 18 heavy (non-hydrogen) atoms. The van der Waals surface area contributed by atoms with Gasteiger partial charge in [0.25, 0.3) is 0 Å². The number of rotatable bonds is 1. The van der Waals surface area contributed by atoms with E-state index in [9.17, 15) is 5.21 Å². The standard InChI is InChI=1S/C15H20N2O/c1-14(2)11-7-8-15(14,3)13(16-18)12(11)17-9-5-4-6-10-17/h4-6,9-12H,7-8H2,1-3H3/p+1/b16-13-/t11-,12-,15-/m1/s1. The van der Waals surface area contributed by atoms with Crippen molar-refractivity contribution < 1.29 is 9.77 Å². The maximum Gasteiger partial charge on any atom is 0.203 e. The molecule has 0 radical (unpaired) electrons. The fourth-order valence-electron chi connectivity index (χ4n) is 4.18. The van der Waals surface area contributed by atoms with Crippen molar-refractivity contribution in [2.45, 2.75) is 39.7 Å². The molecule has 1 heterocycles. The first-order chi connectivity index (χ1) is 8.52. The van der Waals surface area contributed by atoms with Crippen LogP contribution in [0.2, 0.25) is 0 Å². The molecular weight excluding hydrogens is 224 g/mol. The van der Waals surface area contributed by atoms with Crippen molar-refractivity contribution in [3.63, 3.8) is 0 Å². The Hall–Kier alpha value is -1.38. The molecule has 0 unspecified atom stereocenters. The largest absolute Gasteiger partial charge is 0.411 e. The number of hydrogen-bond donors (Lipinski definition) is 1. The van der Waals surface area contributed by atoms with Crippen LogP contribution in [0.15, 0.2) is 35.7 Å². The Morgan fingerprint density at radius 1 is 1.22 bits per heavy atom. The molecule has 1 aromatic rings. The van der Waals surface area contributed by atoms with Gasteiger partial charge in [-0.2, -0.15) is 4.57 Å². The topological polar surface area (TPSA) is 36.5 Å². The van der Waals surface area contributed by atoms with Crippen LogP contribution in [0.1, 0.15) is 39.7 Å². The summed E-state index contributed by atoms with van der Waals surface area (Å²) in [5, 5.41) is 13.2. The Morgan fingerprint density at radius 2 is 1.89 bits per heavy atom. The van der Waals surface area contributed by atoms with Crippen LogP contribution in [0, 0.1) is 16.7 Å². The Balaban J connectivity index is 2.13. The Morgan fingerprint density at radius 3 is 2.50 bits per heavy atom. The molecule has 1 aromatic heterocycles. The van der Waals surface area contributed by atoms with Gasteiger partial charge in [0.2, 0.25) is 6.04 Å². The highest BCUT2D eigenvalue weighted by molar-refractivity contribution is 5.96. The molecule has 0 aliphatic heterocycles. The van der Waals surface area contributed by atoms with E-state index < -0.39 is 0 Å². The quantitative estimate of drug-likeness (QED) is 0.461. The number of oxime groups is 1. The van der Waals surface area contributed by atoms with Gasteiger partial charge in [-0.05, 0) is 18.3 Å². The van der Waals surface area contributed by atoms with Crippen LogP contribution in [-0.2, 0) is 0 Å². The average molecular weight is 245 g/mol. The van der Waals surface area contributed by atoms with E-state index in [2.05, 4.69) is 42.9 Å². The zero-order chi connectivity index (χ0) is 13.0. The highest BCUT2D eigenvalue weighted by Gasteiger charge is 2.68. The van der Waals surface area contributed by atoms with Crippen molar-refractivity contribution in [3.8, 4) is 0 Å². The van der Waals surface area contributed by atoms with Gasteiger partial charge in [0.15, 0.2) is 12.4 Å². The minimum Gasteiger partial charge on any atom is -0.411 e. The highest BCUT2D eigenvalue weighted by Crippen LogP contribution is 2.66. The van der Waals surface area contributed by atoms with E-state index in [1.165, 1.54) is 6.42 Å². The molecule has 0 amide bonds. The van der Waals surface area contributed by atoms with Gasteiger partial charge < -0.3 is 5.21 Å². The van der Waals surface area contributed by atoms with E-state index in [-0.39, 0.29) is 16.9 Å². The number of hydrogen-bond acceptors (Lipinski definition) is 2. The van der Waals surface area contributed by atoms with Crippen LogP contribution < -0.4 is 4.57 Å². The molecule has 2 bridgehead atoms. The summed E-state index contributed by atoms with van der Waals surface area (Å²) in [5.74, 6) is 0.556. The minimum absolute atomic E-state index is 0.0277. The van der Waals surface area contributed by atoms with Crippen LogP contribution >= 0.6 is 0 Å². The zero-order valence-corrected chi connectivity index (χ0v) is 11.3. The third-order valence-electron chi connectivity index (χ3n) is 5.70. The molecule has 3 nitrogen and oxygen atoms in total. The van der Waals surface area contributed by atoms with E-state index >= 15 is 0 Å². The van der Waals surface area contributed by atoms with E-state index in [1.54, 1.807) is 0 Å². The number of aromatic nitrogens is 1. The molecular formula is C15H21N2O+. The lowest BCUT2D eigenvalue weighted by Crippen LogP contribution is -2.47. The predicted molar refractivity (Wildman–Crippen MR) is 69.5 cm³/mol. The molecule has 2 saturated carbocycles. The summed E-state index contributed by atoms with van der Waals surface area (Å²) in [6, 6.07) is 6.31. The smallest absolute Gasteiger partial charge is 0.203 e. The van der Waals surface area contributed by atoms with Crippen LogP contribution in [-0.4, -0.2) is 10.9 Å². The first kappa shape index (κ1) is 11.7. The summed E-state index contributed by atoms with van der Waals surface area (Å²) in [5.41, 5.74) is 1.18. The van der Waals surface area contributed by atoms with Gasteiger partial charge in [-0.1, -0.05) is 32.0 Å². The Labute approximate surface area is 108 Å². The summed E-state index contributed by atoms with van der Waals surface area (Å²) >= 11 is 0. The summed E-state index contributed by atoms with van der Waals surface area (Å²) in [6.07, 6.45) is 6.51. The molecule has 0 saturated heterocycles. The molecule has 3 atom stereocenters. The molecule has 2 fully saturated rings. The van der Waals surface area contributed by atoms with Gasteiger partial charge in [-0.25, -0.2) is 0 Å². The van der Waals surface area contributed by atoms with Gasteiger partial charge in [-0.3, -0.25) is 0 Å². The third-order valence-corrected chi connectivity index (χ3v) is 5.70. The van der Waals surface area contributed by atoms with Crippen LogP contribution in [0.25, 0.3) is 0 Å².